The molecule has 1 heterocycles. The van der Waals surface area contributed by atoms with Crippen LogP contribution in [0.3, 0.4) is 0 Å². The van der Waals surface area contributed by atoms with Gasteiger partial charge in [0.05, 0.1) is 11.0 Å². The van der Waals surface area contributed by atoms with Crippen LogP contribution in [0.4, 0.5) is 0 Å². The number of ether oxygens (including phenoxy) is 1. The molecule has 0 radical (unpaired) electrons. The van der Waals surface area contributed by atoms with Gasteiger partial charge in [0.15, 0.2) is 0 Å². The SMILES string of the molecule is CO[C@@H](C)CNS(=O)(=O)c1ccc2c(c1)CCN(C(C)=O)CC2. The van der Waals surface area contributed by atoms with Crippen molar-refractivity contribution in [2.45, 2.75) is 37.7 Å². The first-order valence-corrected chi connectivity index (χ1v) is 9.21. The van der Waals surface area contributed by atoms with Crippen LogP contribution in [0.1, 0.15) is 25.0 Å². The number of sulfonamides is 1. The highest BCUT2D eigenvalue weighted by molar-refractivity contribution is 7.89. The van der Waals surface area contributed by atoms with Crippen molar-refractivity contribution < 1.29 is 17.9 Å². The molecule has 0 spiro atoms. The zero-order chi connectivity index (χ0) is 17.0. The van der Waals surface area contributed by atoms with Gasteiger partial charge in [0.2, 0.25) is 15.9 Å². The van der Waals surface area contributed by atoms with Crippen molar-refractivity contribution in [2.75, 3.05) is 26.7 Å². The Bertz CT molecular complexity index is 673. The zero-order valence-electron chi connectivity index (χ0n) is 13.8. The van der Waals surface area contributed by atoms with Crippen LogP contribution in [0.5, 0.6) is 0 Å². The summed E-state index contributed by atoms with van der Waals surface area (Å²) in [5, 5.41) is 0. The molecule has 7 heteroatoms. The fourth-order valence-corrected chi connectivity index (χ4v) is 3.74. The van der Waals surface area contributed by atoms with Crippen LogP contribution >= 0.6 is 0 Å². The Kier molecular flexibility index (Phi) is 5.78. The average molecular weight is 340 g/mol. The van der Waals surface area contributed by atoms with E-state index in [0.29, 0.717) is 19.5 Å². The third kappa shape index (κ3) is 4.53. The summed E-state index contributed by atoms with van der Waals surface area (Å²) in [5.41, 5.74) is 2.11. The molecule has 1 aromatic carbocycles. The molecule has 1 N–H and O–H groups in total. The van der Waals surface area contributed by atoms with E-state index < -0.39 is 10.0 Å². The topological polar surface area (TPSA) is 75.7 Å². The highest BCUT2D eigenvalue weighted by atomic mass is 32.2. The highest BCUT2D eigenvalue weighted by Crippen LogP contribution is 2.20. The number of amides is 1. The van der Waals surface area contributed by atoms with Crippen LogP contribution in [0, 0.1) is 0 Å². The quantitative estimate of drug-likeness (QED) is 0.866. The van der Waals surface area contributed by atoms with E-state index in [1.807, 2.05) is 6.07 Å². The molecule has 6 nitrogen and oxygen atoms in total. The van der Waals surface area contributed by atoms with Gasteiger partial charge in [-0.2, -0.15) is 0 Å². The third-order valence-corrected chi connectivity index (χ3v) is 5.62. The second-order valence-corrected chi connectivity index (χ2v) is 7.60. The molecular formula is C16H24N2O4S. The van der Waals surface area contributed by atoms with Gasteiger partial charge in [-0.05, 0) is 43.0 Å². The van der Waals surface area contributed by atoms with Gasteiger partial charge < -0.3 is 9.64 Å². The van der Waals surface area contributed by atoms with Crippen molar-refractivity contribution in [3.8, 4) is 0 Å². The summed E-state index contributed by atoms with van der Waals surface area (Å²) in [7, 11) is -2.01. The smallest absolute Gasteiger partial charge is 0.240 e. The molecule has 1 aromatic rings. The molecule has 128 valence electrons. The normalized spacial score (nSPS) is 16.6. The molecule has 0 fully saturated rings. The van der Waals surface area contributed by atoms with Crippen LogP contribution in [0.15, 0.2) is 23.1 Å². The first kappa shape index (κ1) is 17.9. The van der Waals surface area contributed by atoms with E-state index in [9.17, 15) is 13.2 Å². The van der Waals surface area contributed by atoms with Gasteiger partial charge >= 0.3 is 0 Å². The first-order chi connectivity index (χ1) is 10.8. The van der Waals surface area contributed by atoms with Crippen molar-refractivity contribution >= 4 is 15.9 Å². The Morgan fingerprint density at radius 3 is 2.57 bits per heavy atom. The summed E-state index contributed by atoms with van der Waals surface area (Å²) in [6, 6.07) is 5.20. The van der Waals surface area contributed by atoms with E-state index in [1.54, 1.807) is 38.0 Å². The van der Waals surface area contributed by atoms with Gasteiger partial charge in [-0.15, -0.1) is 0 Å². The lowest BCUT2D eigenvalue weighted by atomic mass is 10.0. The van der Waals surface area contributed by atoms with Crippen molar-refractivity contribution in [1.82, 2.24) is 9.62 Å². The maximum absolute atomic E-state index is 12.4. The predicted molar refractivity (Wildman–Crippen MR) is 87.8 cm³/mol. The number of nitrogens with one attached hydrogen (secondary N) is 1. The van der Waals surface area contributed by atoms with E-state index in [2.05, 4.69) is 4.72 Å². The van der Waals surface area contributed by atoms with Gasteiger partial charge in [-0.3, -0.25) is 4.79 Å². The van der Waals surface area contributed by atoms with Crippen LogP contribution in [-0.4, -0.2) is 52.1 Å². The summed E-state index contributed by atoms with van der Waals surface area (Å²) in [6.45, 7) is 4.90. The van der Waals surface area contributed by atoms with Crippen LogP contribution in [0.25, 0.3) is 0 Å². The molecule has 0 saturated heterocycles. The van der Waals surface area contributed by atoms with E-state index in [-0.39, 0.29) is 23.5 Å². The summed E-state index contributed by atoms with van der Waals surface area (Å²) in [6.07, 6.45) is 1.24. The first-order valence-electron chi connectivity index (χ1n) is 7.73. The molecular weight excluding hydrogens is 316 g/mol. The van der Waals surface area contributed by atoms with Crippen molar-refractivity contribution in [3.05, 3.63) is 29.3 Å². The lowest BCUT2D eigenvalue weighted by molar-refractivity contribution is -0.128. The molecule has 0 unspecified atom stereocenters. The molecule has 0 bridgehead atoms. The number of methoxy groups -OCH3 is 1. The van der Waals surface area contributed by atoms with Crippen molar-refractivity contribution in [1.29, 1.82) is 0 Å². The Morgan fingerprint density at radius 2 is 1.96 bits per heavy atom. The second-order valence-electron chi connectivity index (χ2n) is 5.83. The molecule has 0 aliphatic carbocycles. The van der Waals surface area contributed by atoms with Crippen LogP contribution in [-0.2, 0) is 32.4 Å². The van der Waals surface area contributed by atoms with Gasteiger partial charge in [0, 0.05) is 33.7 Å². The molecule has 1 atom stereocenters. The number of nitrogens with zero attached hydrogens (tertiary/aromatic N) is 1. The molecule has 0 aromatic heterocycles. The number of carbonyl (C=O) groups excluding carboxylic acids is 1. The number of hydrogen-bond acceptors (Lipinski definition) is 4. The van der Waals surface area contributed by atoms with E-state index in [1.165, 1.54) is 0 Å². The summed E-state index contributed by atoms with van der Waals surface area (Å²) in [5.74, 6) is 0.0564. The molecule has 2 rings (SSSR count). The summed E-state index contributed by atoms with van der Waals surface area (Å²) >= 11 is 0. The van der Waals surface area contributed by atoms with Crippen LogP contribution < -0.4 is 4.72 Å². The molecule has 23 heavy (non-hydrogen) atoms. The molecule has 1 aliphatic heterocycles. The second kappa shape index (κ2) is 7.42. The zero-order valence-corrected chi connectivity index (χ0v) is 14.6. The summed E-state index contributed by atoms with van der Waals surface area (Å²) in [4.78, 5) is 13.6. The largest absolute Gasteiger partial charge is 0.380 e. The summed E-state index contributed by atoms with van der Waals surface area (Å²) < 4.78 is 32.3. The fourth-order valence-electron chi connectivity index (χ4n) is 2.58. The Labute approximate surface area is 137 Å². The van der Waals surface area contributed by atoms with E-state index >= 15 is 0 Å². The minimum atomic E-state index is -3.55. The van der Waals surface area contributed by atoms with E-state index in [4.69, 9.17) is 4.74 Å². The Hall–Kier alpha value is -1.44. The lowest BCUT2D eigenvalue weighted by Crippen LogP contribution is -2.31. The highest BCUT2D eigenvalue weighted by Gasteiger charge is 2.20. The standard InChI is InChI=1S/C16H24N2O4S/c1-12(22-3)11-17-23(20,21)16-5-4-14-6-8-18(13(2)19)9-7-15(14)10-16/h4-5,10,12,17H,6-9,11H2,1-3H3/t12-/m0/s1. The number of rotatable bonds is 5. The number of fused-ring (bicyclic) bond motifs is 1. The molecule has 1 amide bonds. The fraction of sp³-hybridized carbons (Fsp3) is 0.562. The van der Waals surface area contributed by atoms with Crippen LogP contribution in [0.2, 0.25) is 0 Å². The van der Waals surface area contributed by atoms with Gasteiger partial charge in [0.25, 0.3) is 0 Å². The van der Waals surface area contributed by atoms with Gasteiger partial charge in [0.1, 0.15) is 0 Å². The minimum absolute atomic E-state index is 0.0564. The Balaban J connectivity index is 2.17. The maximum atomic E-state index is 12.4. The number of benzene rings is 1. The lowest BCUT2D eigenvalue weighted by Gasteiger charge is -2.17. The molecule has 0 saturated carbocycles. The average Bonchev–Trinajstić information content (AvgIpc) is 2.74. The number of hydrogen-bond donors (Lipinski definition) is 1. The predicted octanol–water partition coefficient (Wildman–Crippen LogP) is 0.947. The number of carbonyl (C=O) groups is 1. The van der Waals surface area contributed by atoms with E-state index in [0.717, 1.165) is 17.5 Å². The van der Waals surface area contributed by atoms with Gasteiger partial charge in [-0.25, -0.2) is 13.1 Å². The third-order valence-electron chi connectivity index (χ3n) is 4.20. The maximum Gasteiger partial charge on any atom is 0.240 e. The molecule has 1 aliphatic rings. The van der Waals surface area contributed by atoms with Crippen molar-refractivity contribution in [2.24, 2.45) is 0 Å². The minimum Gasteiger partial charge on any atom is -0.380 e. The Morgan fingerprint density at radius 1 is 1.30 bits per heavy atom. The monoisotopic (exact) mass is 340 g/mol. The van der Waals surface area contributed by atoms with Crippen molar-refractivity contribution in [3.63, 3.8) is 0 Å². The van der Waals surface area contributed by atoms with Gasteiger partial charge in [-0.1, -0.05) is 6.07 Å².